The van der Waals surface area contributed by atoms with Gasteiger partial charge in [0.15, 0.2) is 11.0 Å². The van der Waals surface area contributed by atoms with Gasteiger partial charge in [-0.05, 0) is 36.4 Å². The molecule has 0 radical (unpaired) electrons. The first-order valence-corrected chi connectivity index (χ1v) is 12.9. The number of thiazole rings is 1. The maximum absolute atomic E-state index is 5.89. The van der Waals surface area contributed by atoms with Gasteiger partial charge in [0.05, 0.1) is 35.9 Å². The van der Waals surface area contributed by atoms with Crippen LogP contribution in [0.15, 0.2) is 52.3 Å². The fourth-order valence-corrected chi connectivity index (χ4v) is 6.11. The van der Waals surface area contributed by atoms with Gasteiger partial charge in [-0.2, -0.15) is 0 Å². The van der Waals surface area contributed by atoms with E-state index in [0.717, 1.165) is 69.6 Å². The minimum atomic E-state index is 0.227. The van der Waals surface area contributed by atoms with E-state index in [1.165, 1.54) is 0 Å². The third kappa shape index (κ3) is 4.55. The Morgan fingerprint density at radius 2 is 2.13 bits per heavy atom. The van der Waals surface area contributed by atoms with E-state index < -0.39 is 0 Å². The van der Waals surface area contributed by atoms with Crippen molar-refractivity contribution in [1.29, 1.82) is 0 Å². The summed E-state index contributed by atoms with van der Waals surface area (Å²) in [5.74, 6) is 2.49. The van der Waals surface area contributed by atoms with Crippen LogP contribution in [0.3, 0.4) is 0 Å². The highest BCUT2D eigenvalue weighted by Crippen LogP contribution is 2.34. The maximum Gasteiger partial charge on any atom is 0.191 e. The molecule has 1 saturated heterocycles. The molecule has 160 valence electrons. The third-order valence-corrected chi connectivity index (χ3v) is 7.90. The average Bonchev–Trinajstić information content (AvgIpc) is 3.60. The van der Waals surface area contributed by atoms with E-state index in [1.54, 1.807) is 41.5 Å². The van der Waals surface area contributed by atoms with E-state index in [9.17, 15) is 0 Å². The molecule has 0 spiro atoms. The summed E-state index contributed by atoms with van der Waals surface area (Å²) >= 11 is 4.99. The zero-order valence-corrected chi connectivity index (χ0v) is 19.5. The van der Waals surface area contributed by atoms with Crippen molar-refractivity contribution in [3.8, 4) is 27.0 Å². The van der Waals surface area contributed by atoms with Crippen LogP contribution in [0.1, 0.15) is 18.5 Å². The highest BCUT2D eigenvalue weighted by Gasteiger charge is 2.22. The van der Waals surface area contributed by atoms with Gasteiger partial charge in [0.1, 0.15) is 10.8 Å². The molecule has 0 bridgehead atoms. The number of ether oxygens (including phenoxy) is 2. The minimum Gasteiger partial charge on any atom is -0.496 e. The molecule has 0 amide bonds. The Hall–Kier alpha value is -2.20. The van der Waals surface area contributed by atoms with Crippen molar-refractivity contribution in [2.75, 3.05) is 13.7 Å². The Labute approximate surface area is 193 Å². The van der Waals surface area contributed by atoms with E-state index >= 15 is 0 Å². The highest BCUT2D eigenvalue weighted by atomic mass is 32.2. The lowest BCUT2D eigenvalue weighted by Gasteiger charge is -2.14. The molecule has 4 heterocycles. The van der Waals surface area contributed by atoms with Crippen molar-refractivity contribution in [3.63, 3.8) is 0 Å². The molecule has 1 aliphatic rings. The Kier molecular flexibility index (Phi) is 6.35. The van der Waals surface area contributed by atoms with Crippen LogP contribution in [0.25, 0.3) is 21.3 Å². The molecular formula is C22H22N4O2S3. The van der Waals surface area contributed by atoms with Gasteiger partial charge in [0, 0.05) is 17.7 Å². The molecule has 0 aliphatic carbocycles. The van der Waals surface area contributed by atoms with Crippen LogP contribution in [-0.4, -0.2) is 39.6 Å². The topological polar surface area (TPSA) is 62.1 Å². The first-order valence-electron chi connectivity index (χ1n) is 10.1. The molecule has 1 unspecified atom stereocenters. The SMILES string of the molecule is COc1ccccc1-c1nc(CSc2nnc(-c3cccs3)n2CC2CCCO2)cs1. The average molecular weight is 471 g/mol. The van der Waals surface area contributed by atoms with Crippen molar-refractivity contribution in [1.82, 2.24) is 19.7 Å². The smallest absolute Gasteiger partial charge is 0.191 e. The van der Waals surface area contributed by atoms with E-state index in [-0.39, 0.29) is 6.10 Å². The number of aromatic nitrogens is 4. The number of thioether (sulfide) groups is 1. The van der Waals surface area contributed by atoms with Gasteiger partial charge in [-0.1, -0.05) is 30.0 Å². The van der Waals surface area contributed by atoms with Crippen molar-refractivity contribution in [3.05, 3.63) is 52.9 Å². The summed E-state index contributed by atoms with van der Waals surface area (Å²) in [7, 11) is 1.69. The van der Waals surface area contributed by atoms with Gasteiger partial charge in [0.2, 0.25) is 0 Å². The predicted molar refractivity (Wildman–Crippen MR) is 126 cm³/mol. The Morgan fingerprint density at radius 3 is 2.94 bits per heavy atom. The first kappa shape index (κ1) is 20.7. The maximum atomic E-state index is 5.89. The minimum absolute atomic E-state index is 0.227. The van der Waals surface area contributed by atoms with Crippen molar-refractivity contribution in [2.24, 2.45) is 0 Å². The fourth-order valence-electron chi connectivity index (χ4n) is 3.60. The number of hydrogen-bond acceptors (Lipinski definition) is 8. The molecule has 1 fully saturated rings. The largest absolute Gasteiger partial charge is 0.496 e. The number of methoxy groups -OCH3 is 1. The number of benzene rings is 1. The second kappa shape index (κ2) is 9.52. The molecular weight excluding hydrogens is 448 g/mol. The van der Waals surface area contributed by atoms with Gasteiger partial charge in [-0.25, -0.2) is 4.98 Å². The summed E-state index contributed by atoms with van der Waals surface area (Å²) in [5, 5.41) is 15.1. The standard InChI is InChI=1S/C22H22N4O2S3/c1-27-18-8-3-2-7-17(18)21-23-15(13-30-21)14-31-22-25-24-20(19-9-5-11-29-19)26(22)12-16-6-4-10-28-16/h2-3,5,7-9,11,13,16H,4,6,10,12,14H2,1H3. The predicted octanol–water partition coefficient (Wildman–Crippen LogP) is 5.61. The molecule has 1 aliphatic heterocycles. The van der Waals surface area contributed by atoms with E-state index in [1.807, 2.05) is 30.3 Å². The molecule has 9 heteroatoms. The van der Waals surface area contributed by atoms with Crippen LogP contribution in [0.2, 0.25) is 0 Å². The van der Waals surface area contributed by atoms with Crippen molar-refractivity contribution < 1.29 is 9.47 Å². The molecule has 1 aromatic carbocycles. The van der Waals surface area contributed by atoms with Gasteiger partial charge >= 0.3 is 0 Å². The Balaban J connectivity index is 1.35. The van der Waals surface area contributed by atoms with Crippen LogP contribution in [0.5, 0.6) is 5.75 Å². The molecule has 1 atom stereocenters. The molecule has 0 N–H and O–H groups in total. The van der Waals surface area contributed by atoms with Gasteiger partial charge < -0.3 is 9.47 Å². The van der Waals surface area contributed by atoms with Crippen LogP contribution in [0, 0.1) is 0 Å². The van der Waals surface area contributed by atoms with Gasteiger partial charge in [0.25, 0.3) is 0 Å². The number of thiophene rings is 1. The summed E-state index contributed by atoms with van der Waals surface area (Å²) in [4.78, 5) is 5.96. The number of hydrogen-bond donors (Lipinski definition) is 0. The van der Waals surface area contributed by atoms with Crippen LogP contribution in [-0.2, 0) is 17.0 Å². The number of para-hydroxylation sites is 1. The second-order valence-corrected chi connectivity index (χ2v) is 9.91. The molecule has 3 aromatic heterocycles. The quantitative estimate of drug-likeness (QED) is 0.312. The molecule has 31 heavy (non-hydrogen) atoms. The Bertz CT molecular complexity index is 1130. The summed E-state index contributed by atoms with van der Waals surface area (Å²) in [6, 6.07) is 12.1. The lowest BCUT2D eigenvalue weighted by atomic mass is 10.2. The normalized spacial score (nSPS) is 16.1. The van der Waals surface area contributed by atoms with Gasteiger partial charge in [-0.3, -0.25) is 4.57 Å². The van der Waals surface area contributed by atoms with Crippen molar-refractivity contribution in [2.45, 2.75) is 36.4 Å². The fraction of sp³-hybridized carbons (Fsp3) is 0.318. The van der Waals surface area contributed by atoms with Gasteiger partial charge in [-0.15, -0.1) is 32.9 Å². The summed E-state index contributed by atoms with van der Waals surface area (Å²) in [6.45, 7) is 1.63. The van der Waals surface area contributed by atoms with E-state index in [2.05, 4.69) is 31.6 Å². The second-order valence-electron chi connectivity index (χ2n) is 7.16. The zero-order valence-electron chi connectivity index (χ0n) is 17.1. The summed E-state index contributed by atoms with van der Waals surface area (Å²) < 4.78 is 13.6. The summed E-state index contributed by atoms with van der Waals surface area (Å²) in [6.07, 6.45) is 2.43. The zero-order chi connectivity index (χ0) is 21.0. The van der Waals surface area contributed by atoms with E-state index in [4.69, 9.17) is 14.5 Å². The van der Waals surface area contributed by atoms with Crippen LogP contribution < -0.4 is 4.74 Å². The molecule has 4 aromatic rings. The highest BCUT2D eigenvalue weighted by molar-refractivity contribution is 7.98. The van der Waals surface area contributed by atoms with Crippen LogP contribution in [0.4, 0.5) is 0 Å². The number of nitrogens with zero attached hydrogens (tertiary/aromatic N) is 4. The first-order chi connectivity index (χ1) is 15.3. The van der Waals surface area contributed by atoms with E-state index in [0.29, 0.717) is 0 Å². The lowest BCUT2D eigenvalue weighted by Crippen LogP contribution is -2.16. The van der Waals surface area contributed by atoms with Crippen LogP contribution >= 0.6 is 34.4 Å². The van der Waals surface area contributed by atoms with Crippen molar-refractivity contribution >= 4 is 34.4 Å². The lowest BCUT2D eigenvalue weighted by molar-refractivity contribution is 0.0953. The monoisotopic (exact) mass is 470 g/mol. The third-order valence-electron chi connectivity index (χ3n) is 5.11. The number of rotatable bonds is 8. The summed E-state index contributed by atoms with van der Waals surface area (Å²) in [5.41, 5.74) is 2.05. The Morgan fingerprint density at radius 1 is 1.19 bits per heavy atom. The molecule has 6 nitrogen and oxygen atoms in total. The molecule has 0 saturated carbocycles. The molecule has 5 rings (SSSR count).